The van der Waals surface area contributed by atoms with E-state index in [2.05, 4.69) is 12.5 Å². The number of terminal acetylenes is 1. The van der Waals surface area contributed by atoms with Gasteiger partial charge in [0.1, 0.15) is 6.61 Å². The van der Waals surface area contributed by atoms with Crippen LogP contribution < -0.4 is 0 Å². The molecule has 0 fully saturated rings. The zero-order valence-electron chi connectivity index (χ0n) is 8.15. The van der Waals surface area contributed by atoms with E-state index in [9.17, 15) is 0 Å². The molecular weight excluding hydrogens is 172 g/mol. The van der Waals surface area contributed by atoms with Gasteiger partial charge >= 0.3 is 0 Å². The summed E-state index contributed by atoms with van der Waals surface area (Å²) < 4.78 is 5.51. The van der Waals surface area contributed by atoms with Crippen molar-refractivity contribution in [2.45, 2.75) is 12.5 Å². The van der Waals surface area contributed by atoms with Crippen LogP contribution in [-0.2, 0) is 4.74 Å². The fourth-order valence-corrected chi connectivity index (χ4v) is 1.27. The topological polar surface area (TPSA) is 9.23 Å². The molecule has 0 saturated carbocycles. The molecule has 0 N–H and O–H groups in total. The molecule has 72 valence electrons. The van der Waals surface area contributed by atoms with E-state index in [1.54, 1.807) is 0 Å². The van der Waals surface area contributed by atoms with Gasteiger partial charge in [-0.1, -0.05) is 42.3 Å². The number of benzene rings is 1. The fraction of sp³-hybridized carbons (Fsp3) is 0.231. The second-order valence-electron chi connectivity index (χ2n) is 2.94. The number of rotatable bonds is 5. The Labute approximate surface area is 85.4 Å². The van der Waals surface area contributed by atoms with Gasteiger partial charge in [0, 0.05) is 0 Å². The highest BCUT2D eigenvalue weighted by molar-refractivity contribution is 5.18. The maximum absolute atomic E-state index is 5.51. The Morgan fingerprint density at radius 3 is 2.71 bits per heavy atom. The molecule has 1 atom stereocenters. The monoisotopic (exact) mass is 186 g/mol. The molecule has 0 spiro atoms. The molecule has 14 heavy (non-hydrogen) atoms. The summed E-state index contributed by atoms with van der Waals surface area (Å²) in [6, 6.07) is 10.0. The van der Waals surface area contributed by atoms with Crippen LogP contribution in [0.25, 0.3) is 0 Å². The van der Waals surface area contributed by atoms with Gasteiger partial charge in [0.2, 0.25) is 0 Å². The molecule has 1 unspecified atom stereocenters. The lowest BCUT2D eigenvalue weighted by atomic mass is 10.1. The molecule has 0 heterocycles. The molecule has 0 amide bonds. The first kappa shape index (κ1) is 10.6. The van der Waals surface area contributed by atoms with Gasteiger partial charge in [-0.3, -0.25) is 0 Å². The third-order valence-corrected chi connectivity index (χ3v) is 1.92. The third-order valence-electron chi connectivity index (χ3n) is 1.92. The van der Waals surface area contributed by atoms with Gasteiger partial charge in [-0.2, -0.15) is 0 Å². The standard InChI is InChI=1S/C13H14O/c1-3-8-13(14-11-4-2)12-9-6-5-7-10-12/h2-3,5-7,9-10,13H,1,8,11H2. The Morgan fingerprint density at radius 2 is 2.14 bits per heavy atom. The van der Waals surface area contributed by atoms with E-state index in [1.807, 2.05) is 36.4 Å². The maximum atomic E-state index is 5.51. The van der Waals surface area contributed by atoms with Crippen LogP contribution in [0.15, 0.2) is 43.0 Å². The summed E-state index contributed by atoms with van der Waals surface area (Å²) in [5, 5.41) is 0. The van der Waals surface area contributed by atoms with Crippen molar-refractivity contribution in [1.29, 1.82) is 0 Å². The van der Waals surface area contributed by atoms with Gasteiger partial charge in [0.25, 0.3) is 0 Å². The molecule has 1 aromatic rings. The van der Waals surface area contributed by atoms with Crippen LogP contribution in [0.4, 0.5) is 0 Å². The average molecular weight is 186 g/mol. The first-order chi connectivity index (χ1) is 6.88. The van der Waals surface area contributed by atoms with Gasteiger partial charge in [-0.05, 0) is 12.0 Å². The number of hydrogen-bond acceptors (Lipinski definition) is 1. The van der Waals surface area contributed by atoms with Gasteiger partial charge in [-0.25, -0.2) is 0 Å². The Balaban J connectivity index is 2.68. The summed E-state index contributed by atoms with van der Waals surface area (Å²) in [6.07, 6.45) is 7.81. The zero-order chi connectivity index (χ0) is 10.2. The summed E-state index contributed by atoms with van der Waals surface area (Å²) in [6.45, 7) is 4.04. The molecule has 0 aliphatic carbocycles. The van der Waals surface area contributed by atoms with Crippen LogP contribution in [0, 0.1) is 12.3 Å². The van der Waals surface area contributed by atoms with E-state index in [0.717, 1.165) is 12.0 Å². The van der Waals surface area contributed by atoms with E-state index >= 15 is 0 Å². The summed E-state index contributed by atoms with van der Waals surface area (Å²) in [5.74, 6) is 2.47. The first-order valence-electron chi connectivity index (χ1n) is 4.59. The molecule has 0 aromatic heterocycles. The highest BCUT2D eigenvalue weighted by Crippen LogP contribution is 2.20. The van der Waals surface area contributed by atoms with Gasteiger partial charge < -0.3 is 4.74 Å². The van der Waals surface area contributed by atoms with Gasteiger partial charge in [0.15, 0.2) is 0 Å². The lowest BCUT2D eigenvalue weighted by Crippen LogP contribution is -2.03. The van der Waals surface area contributed by atoms with Crippen molar-refractivity contribution in [3.05, 3.63) is 48.6 Å². The van der Waals surface area contributed by atoms with E-state index in [4.69, 9.17) is 11.2 Å². The maximum Gasteiger partial charge on any atom is 0.108 e. The number of ether oxygens (including phenoxy) is 1. The minimum Gasteiger partial charge on any atom is -0.361 e. The molecule has 0 aliphatic heterocycles. The molecule has 1 nitrogen and oxygen atoms in total. The third kappa shape index (κ3) is 3.08. The quantitative estimate of drug-likeness (QED) is 0.507. The zero-order valence-corrected chi connectivity index (χ0v) is 8.15. The van der Waals surface area contributed by atoms with Crippen molar-refractivity contribution in [1.82, 2.24) is 0 Å². The Morgan fingerprint density at radius 1 is 1.43 bits per heavy atom. The molecule has 1 rings (SSSR count). The minimum absolute atomic E-state index is 0.0322. The molecule has 0 radical (unpaired) electrons. The second-order valence-corrected chi connectivity index (χ2v) is 2.94. The van der Waals surface area contributed by atoms with Crippen LogP contribution >= 0.6 is 0 Å². The van der Waals surface area contributed by atoms with Crippen LogP contribution in [0.5, 0.6) is 0 Å². The minimum atomic E-state index is 0.0322. The van der Waals surface area contributed by atoms with Gasteiger partial charge in [-0.15, -0.1) is 13.0 Å². The van der Waals surface area contributed by atoms with Gasteiger partial charge in [0.05, 0.1) is 6.10 Å². The van der Waals surface area contributed by atoms with E-state index in [1.165, 1.54) is 0 Å². The summed E-state index contributed by atoms with van der Waals surface area (Å²) >= 11 is 0. The Kier molecular flexibility index (Phi) is 4.54. The van der Waals surface area contributed by atoms with Crippen molar-refractivity contribution in [3.63, 3.8) is 0 Å². The predicted octanol–water partition coefficient (Wildman–Crippen LogP) is 2.95. The average Bonchev–Trinajstić information content (AvgIpc) is 2.25. The van der Waals surface area contributed by atoms with Crippen LogP contribution in [-0.4, -0.2) is 6.61 Å². The normalized spacial score (nSPS) is 11.6. The number of hydrogen-bond donors (Lipinski definition) is 0. The largest absolute Gasteiger partial charge is 0.361 e. The fourth-order valence-electron chi connectivity index (χ4n) is 1.27. The molecule has 0 aliphatic rings. The van der Waals surface area contributed by atoms with Crippen molar-refractivity contribution in [3.8, 4) is 12.3 Å². The molecule has 0 bridgehead atoms. The predicted molar refractivity (Wildman–Crippen MR) is 58.8 cm³/mol. The van der Waals surface area contributed by atoms with E-state index in [0.29, 0.717) is 6.61 Å². The van der Waals surface area contributed by atoms with Crippen molar-refractivity contribution >= 4 is 0 Å². The highest BCUT2D eigenvalue weighted by Gasteiger charge is 2.08. The molecule has 1 heteroatoms. The van der Waals surface area contributed by atoms with Crippen LogP contribution in [0.2, 0.25) is 0 Å². The molecule has 1 aromatic carbocycles. The second kappa shape index (κ2) is 6.01. The van der Waals surface area contributed by atoms with Crippen molar-refractivity contribution in [2.75, 3.05) is 6.61 Å². The summed E-state index contributed by atoms with van der Waals surface area (Å²) in [4.78, 5) is 0. The smallest absolute Gasteiger partial charge is 0.108 e. The Hall–Kier alpha value is -1.52. The molecular formula is C13H14O. The van der Waals surface area contributed by atoms with E-state index < -0.39 is 0 Å². The van der Waals surface area contributed by atoms with E-state index in [-0.39, 0.29) is 6.10 Å². The van der Waals surface area contributed by atoms with Crippen molar-refractivity contribution in [2.24, 2.45) is 0 Å². The SMILES string of the molecule is C#CCOC(CC=C)c1ccccc1. The van der Waals surface area contributed by atoms with Crippen LogP contribution in [0.1, 0.15) is 18.1 Å². The molecule has 0 saturated heterocycles. The summed E-state index contributed by atoms with van der Waals surface area (Å²) in [5.41, 5.74) is 1.14. The summed E-state index contributed by atoms with van der Waals surface area (Å²) in [7, 11) is 0. The lowest BCUT2D eigenvalue weighted by molar-refractivity contribution is 0.0803. The lowest BCUT2D eigenvalue weighted by Gasteiger charge is -2.14. The van der Waals surface area contributed by atoms with Crippen LogP contribution in [0.3, 0.4) is 0 Å². The highest BCUT2D eigenvalue weighted by atomic mass is 16.5. The van der Waals surface area contributed by atoms with Crippen molar-refractivity contribution < 1.29 is 4.74 Å². The first-order valence-corrected chi connectivity index (χ1v) is 4.59. The Bertz CT molecular complexity index is 308.